The third-order valence-corrected chi connectivity index (χ3v) is 5.17. The van der Waals surface area contributed by atoms with Crippen LogP contribution in [0.1, 0.15) is 62.1 Å². The molecule has 104 valence electrons. The molecule has 0 radical (unpaired) electrons. The van der Waals surface area contributed by atoms with Gasteiger partial charge in [-0.05, 0) is 44.6 Å². The van der Waals surface area contributed by atoms with Crippen molar-refractivity contribution in [3.63, 3.8) is 0 Å². The third kappa shape index (κ3) is 1.91. The summed E-state index contributed by atoms with van der Waals surface area (Å²) in [4.78, 5) is 4.68. The van der Waals surface area contributed by atoms with Gasteiger partial charge in [-0.1, -0.05) is 11.6 Å². The summed E-state index contributed by atoms with van der Waals surface area (Å²) in [6.07, 6.45) is 7.71. The molecule has 4 rings (SSSR count). The number of nitrogens with zero attached hydrogens (tertiary/aromatic N) is 2. The van der Waals surface area contributed by atoms with Gasteiger partial charge in [0.25, 0.3) is 0 Å². The van der Waals surface area contributed by atoms with Gasteiger partial charge in [-0.15, -0.1) is 0 Å². The summed E-state index contributed by atoms with van der Waals surface area (Å²) < 4.78 is 11.4. The van der Waals surface area contributed by atoms with E-state index < -0.39 is 0 Å². The van der Waals surface area contributed by atoms with E-state index in [1.165, 1.54) is 19.3 Å². The van der Waals surface area contributed by atoms with Gasteiger partial charge in [-0.25, -0.2) is 0 Å². The normalized spacial score (nSPS) is 41.2. The van der Waals surface area contributed by atoms with Gasteiger partial charge in [0.05, 0.1) is 18.1 Å². The Morgan fingerprint density at radius 2 is 2.11 bits per heavy atom. The van der Waals surface area contributed by atoms with Gasteiger partial charge < -0.3 is 15.0 Å². The summed E-state index contributed by atoms with van der Waals surface area (Å²) in [6.45, 7) is 0.722. The monoisotopic (exact) mass is 263 g/mol. The smallest absolute Gasteiger partial charge is 0.230 e. The van der Waals surface area contributed by atoms with E-state index in [9.17, 15) is 0 Å². The third-order valence-electron chi connectivity index (χ3n) is 5.17. The molecule has 5 unspecified atom stereocenters. The standard InChI is InChI=1S/C14H21N3O2/c15-7-8-2-1-3-10(8)14-16-13(17-19-14)11-6-9-4-5-12(11)18-9/h8-12H,1-7,15H2. The fourth-order valence-electron chi connectivity index (χ4n) is 4.10. The second-order valence-electron chi connectivity index (χ2n) is 6.24. The van der Waals surface area contributed by atoms with Crippen molar-refractivity contribution < 1.29 is 9.26 Å². The van der Waals surface area contributed by atoms with E-state index >= 15 is 0 Å². The van der Waals surface area contributed by atoms with E-state index in [1.54, 1.807) is 0 Å². The van der Waals surface area contributed by atoms with Crippen molar-refractivity contribution in [2.24, 2.45) is 11.7 Å². The van der Waals surface area contributed by atoms with Crippen LogP contribution in [0, 0.1) is 5.92 Å². The lowest BCUT2D eigenvalue weighted by Gasteiger charge is -2.14. The minimum atomic E-state index is 0.323. The number of rotatable bonds is 3. The molecule has 1 saturated carbocycles. The van der Waals surface area contributed by atoms with E-state index in [0.29, 0.717) is 30.0 Å². The molecule has 2 bridgehead atoms. The molecule has 5 heteroatoms. The lowest BCUT2D eigenvalue weighted by Crippen LogP contribution is -2.18. The number of fused-ring (bicyclic) bond motifs is 2. The van der Waals surface area contributed by atoms with Crippen LogP contribution in [0.2, 0.25) is 0 Å². The van der Waals surface area contributed by atoms with Crippen LogP contribution >= 0.6 is 0 Å². The minimum absolute atomic E-state index is 0.323. The van der Waals surface area contributed by atoms with Crippen LogP contribution in [-0.2, 0) is 4.74 Å². The lowest BCUT2D eigenvalue weighted by atomic mass is 9.89. The zero-order valence-electron chi connectivity index (χ0n) is 11.1. The summed E-state index contributed by atoms with van der Waals surface area (Å²) in [7, 11) is 0. The quantitative estimate of drug-likeness (QED) is 0.902. The summed E-state index contributed by atoms with van der Waals surface area (Å²) >= 11 is 0. The van der Waals surface area contributed by atoms with Crippen molar-refractivity contribution in [1.29, 1.82) is 0 Å². The summed E-state index contributed by atoms with van der Waals surface area (Å²) in [6, 6.07) is 0. The Morgan fingerprint density at radius 3 is 2.84 bits per heavy atom. The molecule has 2 N–H and O–H groups in total. The van der Waals surface area contributed by atoms with E-state index in [4.69, 9.17) is 15.0 Å². The Balaban J connectivity index is 1.53. The Labute approximate surface area is 112 Å². The first-order valence-electron chi connectivity index (χ1n) is 7.54. The van der Waals surface area contributed by atoms with Crippen molar-refractivity contribution in [3.05, 3.63) is 11.7 Å². The van der Waals surface area contributed by atoms with Crippen LogP contribution in [-0.4, -0.2) is 28.9 Å². The molecular formula is C14H21N3O2. The highest BCUT2D eigenvalue weighted by atomic mass is 16.5. The van der Waals surface area contributed by atoms with Gasteiger partial charge in [0.15, 0.2) is 5.82 Å². The van der Waals surface area contributed by atoms with Crippen molar-refractivity contribution in [3.8, 4) is 0 Å². The number of nitrogens with two attached hydrogens (primary N) is 1. The van der Waals surface area contributed by atoms with Crippen molar-refractivity contribution in [2.45, 2.75) is 62.6 Å². The summed E-state index contributed by atoms with van der Waals surface area (Å²) in [5, 5.41) is 4.22. The second-order valence-corrected chi connectivity index (χ2v) is 6.24. The van der Waals surface area contributed by atoms with E-state index in [0.717, 1.165) is 37.5 Å². The Hall–Kier alpha value is -0.940. The molecule has 3 heterocycles. The molecule has 0 spiro atoms. The molecule has 1 aliphatic carbocycles. The van der Waals surface area contributed by atoms with Crippen LogP contribution in [0.3, 0.4) is 0 Å². The Morgan fingerprint density at radius 1 is 1.16 bits per heavy atom. The molecule has 0 amide bonds. The number of hydrogen-bond acceptors (Lipinski definition) is 5. The predicted molar refractivity (Wildman–Crippen MR) is 68.7 cm³/mol. The highest BCUT2D eigenvalue weighted by molar-refractivity contribution is 5.09. The molecule has 3 aliphatic rings. The van der Waals surface area contributed by atoms with Crippen LogP contribution in [0.5, 0.6) is 0 Å². The van der Waals surface area contributed by atoms with Crippen molar-refractivity contribution in [2.75, 3.05) is 6.54 Å². The molecule has 5 atom stereocenters. The molecule has 5 nitrogen and oxygen atoms in total. The number of hydrogen-bond donors (Lipinski definition) is 1. The average molecular weight is 263 g/mol. The Bertz CT molecular complexity index is 441. The highest BCUT2D eigenvalue weighted by Crippen LogP contribution is 2.44. The van der Waals surface area contributed by atoms with Gasteiger partial charge >= 0.3 is 0 Å². The maximum absolute atomic E-state index is 5.87. The van der Waals surface area contributed by atoms with Gasteiger partial charge in [-0.2, -0.15) is 4.98 Å². The molecule has 2 saturated heterocycles. The van der Waals surface area contributed by atoms with E-state index in [-0.39, 0.29) is 0 Å². The number of ether oxygens (including phenoxy) is 1. The van der Waals surface area contributed by atoms with Gasteiger partial charge in [0.1, 0.15) is 0 Å². The maximum atomic E-state index is 5.87. The number of aromatic nitrogens is 2. The van der Waals surface area contributed by atoms with Crippen LogP contribution < -0.4 is 5.73 Å². The molecule has 1 aromatic heterocycles. The first-order valence-corrected chi connectivity index (χ1v) is 7.54. The zero-order chi connectivity index (χ0) is 12.8. The predicted octanol–water partition coefficient (Wildman–Crippen LogP) is 1.95. The zero-order valence-corrected chi connectivity index (χ0v) is 11.1. The van der Waals surface area contributed by atoms with Crippen LogP contribution in [0.25, 0.3) is 0 Å². The fourth-order valence-corrected chi connectivity index (χ4v) is 4.10. The first kappa shape index (κ1) is 11.9. The summed E-state index contributed by atoms with van der Waals surface area (Å²) in [5.41, 5.74) is 5.83. The molecule has 3 fully saturated rings. The van der Waals surface area contributed by atoms with E-state index in [1.807, 2.05) is 0 Å². The Kier molecular flexibility index (Phi) is 2.84. The average Bonchev–Trinajstić information content (AvgIpc) is 3.19. The molecule has 19 heavy (non-hydrogen) atoms. The maximum Gasteiger partial charge on any atom is 0.230 e. The fraction of sp³-hybridized carbons (Fsp3) is 0.857. The lowest BCUT2D eigenvalue weighted by molar-refractivity contribution is 0.0996. The topological polar surface area (TPSA) is 74.2 Å². The molecule has 0 aromatic carbocycles. The largest absolute Gasteiger partial charge is 0.374 e. The molecule has 1 aromatic rings. The van der Waals surface area contributed by atoms with E-state index in [2.05, 4.69) is 10.1 Å². The molecule has 2 aliphatic heterocycles. The second kappa shape index (κ2) is 4.56. The van der Waals surface area contributed by atoms with Crippen molar-refractivity contribution in [1.82, 2.24) is 10.1 Å². The van der Waals surface area contributed by atoms with Crippen molar-refractivity contribution >= 4 is 0 Å². The highest BCUT2D eigenvalue weighted by Gasteiger charge is 2.44. The van der Waals surface area contributed by atoms with Gasteiger partial charge in [0, 0.05) is 5.92 Å². The van der Waals surface area contributed by atoms with Crippen LogP contribution in [0.15, 0.2) is 4.52 Å². The summed E-state index contributed by atoms with van der Waals surface area (Å²) in [5.74, 6) is 2.93. The van der Waals surface area contributed by atoms with Gasteiger partial charge in [-0.3, -0.25) is 0 Å². The van der Waals surface area contributed by atoms with Gasteiger partial charge in [0.2, 0.25) is 5.89 Å². The molecular weight excluding hydrogens is 242 g/mol. The van der Waals surface area contributed by atoms with Crippen LogP contribution in [0.4, 0.5) is 0 Å². The SMILES string of the molecule is NCC1CCCC1c1nc(C2CC3CCC2O3)no1. The minimum Gasteiger partial charge on any atom is -0.374 e. The first-order chi connectivity index (χ1) is 9.35.